The zero-order valence-corrected chi connectivity index (χ0v) is 14.3. The van der Waals surface area contributed by atoms with Gasteiger partial charge in [-0.05, 0) is 45.2 Å². The third-order valence-electron chi connectivity index (χ3n) is 3.74. The molecule has 1 amide bonds. The molecule has 1 aromatic carbocycles. The molecular formula is C16H23NO5S. The minimum absolute atomic E-state index is 0.0206. The molecule has 2 rings (SSSR count). The smallest absolute Gasteiger partial charge is 0.264 e. The second-order valence-electron chi connectivity index (χ2n) is 5.75. The molecule has 23 heavy (non-hydrogen) atoms. The van der Waals surface area contributed by atoms with Gasteiger partial charge in [-0.25, -0.2) is 13.1 Å². The SMILES string of the molecule is Cc1ccc(S(=O)(=O)NC(=O)[C@H](C)OC[C@H]2CCCCO2)cc1. The largest absolute Gasteiger partial charge is 0.376 e. The highest BCUT2D eigenvalue weighted by molar-refractivity contribution is 7.90. The van der Waals surface area contributed by atoms with E-state index in [1.54, 1.807) is 12.1 Å². The Balaban J connectivity index is 1.87. The molecule has 128 valence electrons. The van der Waals surface area contributed by atoms with E-state index in [4.69, 9.17) is 9.47 Å². The number of nitrogens with one attached hydrogen (secondary N) is 1. The number of aryl methyl sites for hydroxylation is 1. The zero-order valence-electron chi connectivity index (χ0n) is 13.4. The Bertz CT molecular complexity index is 620. The van der Waals surface area contributed by atoms with Crippen LogP contribution in [-0.4, -0.2) is 39.7 Å². The van der Waals surface area contributed by atoms with E-state index in [1.165, 1.54) is 19.1 Å². The number of hydrogen-bond acceptors (Lipinski definition) is 5. The Morgan fingerprint density at radius 2 is 2.04 bits per heavy atom. The van der Waals surface area contributed by atoms with Crippen molar-refractivity contribution in [2.24, 2.45) is 0 Å². The van der Waals surface area contributed by atoms with E-state index in [2.05, 4.69) is 0 Å². The predicted octanol–water partition coefficient (Wildman–Crippen LogP) is 1.77. The van der Waals surface area contributed by atoms with Crippen LogP contribution in [0.5, 0.6) is 0 Å². The summed E-state index contributed by atoms with van der Waals surface area (Å²) in [6, 6.07) is 6.29. The Morgan fingerprint density at radius 3 is 2.65 bits per heavy atom. The van der Waals surface area contributed by atoms with Crippen LogP contribution in [0.4, 0.5) is 0 Å². The normalized spacial score (nSPS) is 20.0. The maximum atomic E-state index is 12.2. The molecule has 0 spiro atoms. The number of hydrogen-bond donors (Lipinski definition) is 1. The summed E-state index contributed by atoms with van der Waals surface area (Å²) in [7, 11) is -3.88. The lowest BCUT2D eigenvalue weighted by Crippen LogP contribution is -2.40. The second-order valence-corrected chi connectivity index (χ2v) is 7.43. The molecule has 0 unspecified atom stereocenters. The maximum Gasteiger partial charge on any atom is 0.264 e. The van der Waals surface area contributed by atoms with Gasteiger partial charge in [0.05, 0.1) is 17.6 Å². The average Bonchev–Trinajstić information content (AvgIpc) is 2.53. The summed E-state index contributed by atoms with van der Waals surface area (Å²) < 4.78 is 37.3. The third-order valence-corrected chi connectivity index (χ3v) is 5.10. The first kappa shape index (κ1) is 17.9. The zero-order chi connectivity index (χ0) is 16.9. The van der Waals surface area contributed by atoms with Gasteiger partial charge in [0.15, 0.2) is 0 Å². The van der Waals surface area contributed by atoms with Crippen molar-refractivity contribution in [2.75, 3.05) is 13.2 Å². The highest BCUT2D eigenvalue weighted by atomic mass is 32.2. The summed E-state index contributed by atoms with van der Waals surface area (Å²) in [5, 5.41) is 0. The molecule has 6 nitrogen and oxygen atoms in total. The Kier molecular flexibility index (Phi) is 6.15. The highest BCUT2D eigenvalue weighted by Crippen LogP contribution is 2.14. The Hall–Kier alpha value is -1.44. The van der Waals surface area contributed by atoms with E-state index in [9.17, 15) is 13.2 Å². The Morgan fingerprint density at radius 1 is 1.35 bits per heavy atom. The molecule has 2 atom stereocenters. The molecule has 7 heteroatoms. The monoisotopic (exact) mass is 341 g/mol. The topological polar surface area (TPSA) is 81.7 Å². The number of ether oxygens (including phenoxy) is 2. The van der Waals surface area contributed by atoms with Crippen LogP contribution >= 0.6 is 0 Å². The molecule has 1 N–H and O–H groups in total. The minimum Gasteiger partial charge on any atom is -0.376 e. The lowest BCUT2D eigenvalue weighted by molar-refractivity contribution is -0.133. The van der Waals surface area contributed by atoms with Crippen LogP contribution in [0.25, 0.3) is 0 Å². The number of carbonyl (C=O) groups excluding carboxylic acids is 1. The molecule has 1 aliphatic rings. The van der Waals surface area contributed by atoms with Crippen LogP contribution in [-0.2, 0) is 24.3 Å². The van der Waals surface area contributed by atoms with Gasteiger partial charge < -0.3 is 9.47 Å². The van der Waals surface area contributed by atoms with Crippen molar-refractivity contribution in [1.29, 1.82) is 0 Å². The number of benzene rings is 1. The molecule has 1 fully saturated rings. The summed E-state index contributed by atoms with van der Waals surface area (Å²) in [6.45, 7) is 4.39. The van der Waals surface area contributed by atoms with Crippen LogP contribution in [0.3, 0.4) is 0 Å². The summed E-state index contributed by atoms with van der Waals surface area (Å²) in [4.78, 5) is 12.1. The predicted molar refractivity (Wildman–Crippen MR) is 85.5 cm³/mol. The third kappa shape index (κ3) is 5.30. The fourth-order valence-corrected chi connectivity index (χ4v) is 3.30. The number of carbonyl (C=O) groups is 1. The number of rotatable bonds is 6. The van der Waals surface area contributed by atoms with Crippen LogP contribution in [0, 0.1) is 6.92 Å². The fourth-order valence-electron chi connectivity index (χ4n) is 2.26. The molecule has 1 heterocycles. The van der Waals surface area contributed by atoms with Gasteiger partial charge in [0.1, 0.15) is 6.10 Å². The summed E-state index contributed by atoms with van der Waals surface area (Å²) in [5.74, 6) is -0.679. The van der Waals surface area contributed by atoms with Crippen LogP contribution in [0.1, 0.15) is 31.7 Å². The molecule has 1 aliphatic heterocycles. The molecule has 0 radical (unpaired) electrons. The van der Waals surface area contributed by atoms with Crippen molar-refractivity contribution in [3.8, 4) is 0 Å². The average molecular weight is 341 g/mol. The van der Waals surface area contributed by atoms with Crippen molar-refractivity contribution in [1.82, 2.24) is 4.72 Å². The van der Waals surface area contributed by atoms with Crippen molar-refractivity contribution in [2.45, 2.75) is 50.2 Å². The van der Waals surface area contributed by atoms with E-state index in [0.717, 1.165) is 24.8 Å². The van der Waals surface area contributed by atoms with Gasteiger partial charge in [-0.3, -0.25) is 4.79 Å². The number of sulfonamides is 1. The quantitative estimate of drug-likeness (QED) is 0.853. The summed E-state index contributed by atoms with van der Waals surface area (Å²) >= 11 is 0. The summed E-state index contributed by atoms with van der Waals surface area (Å²) in [6.07, 6.45) is 2.14. The van der Waals surface area contributed by atoms with E-state index in [1.807, 2.05) is 11.6 Å². The standard InChI is InChI=1S/C16H23NO5S/c1-12-6-8-15(9-7-12)23(19,20)17-16(18)13(2)22-11-14-5-3-4-10-21-14/h6-9,13-14H,3-5,10-11H2,1-2H3,(H,17,18)/t13-,14+/m0/s1. The molecule has 1 aromatic rings. The fraction of sp³-hybridized carbons (Fsp3) is 0.562. The van der Waals surface area contributed by atoms with Crippen molar-refractivity contribution < 1.29 is 22.7 Å². The lowest BCUT2D eigenvalue weighted by Gasteiger charge is -2.23. The molecular weight excluding hydrogens is 318 g/mol. The lowest BCUT2D eigenvalue weighted by atomic mass is 10.1. The van der Waals surface area contributed by atoms with E-state index < -0.39 is 22.0 Å². The van der Waals surface area contributed by atoms with Crippen molar-refractivity contribution in [3.63, 3.8) is 0 Å². The molecule has 1 saturated heterocycles. The van der Waals surface area contributed by atoms with Gasteiger partial charge in [0, 0.05) is 6.61 Å². The van der Waals surface area contributed by atoms with Crippen molar-refractivity contribution in [3.05, 3.63) is 29.8 Å². The molecule has 0 bridgehead atoms. The van der Waals surface area contributed by atoms with Crippen LogP contribution < -0.4 is 4.72 Å². The first-order valence-electron chi connectivity index (χ1n) is 7.75. The second kappa shape index (κ2) is 7.90. The maximum absolute atomic E-state index is 12.2. The first-order chi connectivity index (χ1) is 10.9. The van der Waals surface area contributed by atoms with Crippen LogP contribution in [0.2, 0.25) is 0 Å². The molecule has 0 aliphatic carbocycles. The van der Waals surface area contributed by atoms with E-state index >= 15 is 0 Å². The van der Waals surface area contributed by atoms with Crippen LogP contribution in [0.15, 0.2) is 29.2 Å². The van der Waals surface area contributed by atoms with Gasteiger partial charge >= 0.3 is 0 Å². The highest BCUT2D eigenvalue weighted by Gasteiger charge is 2.23. The number of amides is 1. The molecule has 0 aromatic heterocycles. The van der Waals surface area contributed by atoms with E-state index in [-0.39, 0.29) is 11.0 Å². The van der Waals surface area contributed by atoms with Gasteiger partial charge in [0.25, 0.3) is 15.9 Å². The first-order valence-corrected chi connectivity index (χ1v) is 9.23. The van der Waals surface area contributed by atoms with Gasteiger partial charge in [-0.2, -0.15) is 0 Å². The minimum atomic E-state index is -3.88. The van der Waals surface area contributed by atoms with Gasteiger partial charge in [-0.1, -0.05) is 17.7 Å². The van der Waals surface area contributed by atoms with Gasteiger partial charge in [0.2, 0.25) is 0 Å². The van der Waals surface area contributed by atoms with Crippen molar-refractivity contribution >= 4 is 15.9 Å². The Labute approximate surface area is 137 Å². The summed E-state index contributed by atoms with van der Waals surface area (Å²) in [5.41, 5.74) is 0.944. The van der Waals surface area contributed by atoms with E-state index in [0.29, 0.717) is 13.2 Å². The van der Waals surface area contributed by atoms with Gasteiger partial charge in [-0.15, -0.1) is 0 Å². The molecule has 0 saturated carbocycles.